The first-order valence-corrected chi connectivity index (χ1v) is 8.50. The van der Waals surface area contributed by atoms with Crippen LogP contribution in [0.5, 0.6) is 0 Å². The van der Waals surface area contributed by atoms with Crippen molar-refractivity contribution in [3.63, 3.8) is 0 Å². The Balaban J connectivity index is 2.20. The molecule has 1 amide bonds. The highest BCUT2D eigenvalue weighted by Gasteiger charge is 2.29. The van der Waals surface area contributed by atoms with Crippen molar-refractivity contribution in [1.29, 1.82) is 0 Å². The Morgan fingerprint density at radius 2 is 1.67 bits per heavy atom. The van der Waals surface area contributed by atoms with E-state index in [1.54, 1.807) is 43.6 Å². The van der Waals surface area contributed by atoms with Gasteiger partial charge < -0.3 is 10.4 Å². The zero-order chi connectivity index (χ0) is 18.1. The van der Waals surface area contributed by atoms with Crippen LogP contribution < -0.4 is 5.32 Å². The molecule has 0 radical (unpaired) electrons. The molecular weight excluding hydrogens is 324 g/mol. The SMILES string of the molecule is CC(C)(C)c1ncsc1C(=O)Nc1ccc(C(C)(C)C(=O)O)cc1. The number of rotatable bonds is 4. The number of nitrogens with zero attached hydrogens (tertiary/aromatic N) is 1. The summed E-state index contributed by atoms with van der Waals surface area (Å²) in [4.78, 5) is 28.7. The fourth-order valence-corrected chi connectivity index (χ4v) is 3.12. The average Bonchev–Trinajstić information content (AvgIpc) is 2.97. The Kier molecular flexibility index (Phi) is 4.80. The smallest absolute Gasteiger partial charge is 0.313 e. The number of aliphatic carboxylic acids is 1. The van der Waals surface area contributed by atoms with Gasteiger partial charge in [0.25, 0.3) is 5.91 Å². The van der Waals surface area contributed by atoms with Gasteiger partial charge in [-0.25, -0.2) is 4.98 Å². The van der Waals surface area contributed by atoms with Gasteiger partial charge in [0.1, 0.15) is 4.88 Å². The minimum Gasteiger partial charge on any atom is -0.481 e. The highest BCUT2D eigenvalue weighted by atomic mass is 32.1. The molecule has 1 heterocycles. The lowest BCUT2D eigenvalue weighted by atomic mass is 9.85. The molecule has 24 heavy (non-hydrogen) atoms. The molecule has 1 aromatic heterocycles. The summed E-state index contributed by atoms with van der Waals surface area (Å²) in [6.45, 7) is 9.34. The average molecular weight is 346 g/mol. The molecule has 0 bridgehead atoms. The first-order valence-electron chi connectivity index (χ1n) is 7.62. The molecule has 5 nitrogen and oxygen atoms in total. The molecule has 0 unspecified atom stereocenters. The van der Waals surface area contributed by atoms with E-state index in [0.717, 1.165) is 5.69 Å². The van der Waals surface area contributed by atoms with Crippen LogP contribution in [0.3, 0.4) is 0 Å². The van der Waals surface area contributed by atoms with Gasteiger partial charge in [0.2, 0.25) is 0 Å². The number of carboxylic acid groups (broad SMARTS) is 1. The van der Waals surface area contributed by atoms with E-state index in [4.69, 9.17) is 0 Å². The fourth-order valence-electron chi connectivity index (χ4n) is 2.22. The van der Waals surface area contributed by atoms with Crippen molar-refractivity contribution in [3.05, 3.63) is 45.9 Å². The zero-order valence-corrected chi connectivity index (χ0v) is 15.3. The Hall–Kier alpha value is -2.21. The number of aromatic nitrogens is 1. The number of benzene rings is 1. The predicted molar refractivity (Wildman–Crippen MR) is 95.9 cm³/mol. The molecule has 0 saturated heterocycles. The molecule has 2 N–H and O–H groups in total. The molecule has 2 aromatic rings. The van der Waals surface area contributed by atoms with E-state index >= 15 is 0 Å². The predicted octanol–water partition coefficient (Wildman–Crippen LogP) is 4.06. The normalized spacial score (nSPS) is 12.0. The topological polar surface area (TPSA) is 79.3 Å². The van der Waals surface area contributed by atoms with E-state index in [-0.39, 0.29) is 11.3 Å². The van der Waals surface area contributed by atoms with E-state index < -0.39 is 11.4 Å². The molecule has 2 rings (SSSR count). The summed E-state index contributed by atoms with van der Waals surface area (Å²) in [7, 11) is 0. The van der Waals surface area contributed by atoms with E-state index in [0.29, 0.717) is 16.1 Å². The number of nitrogens with one attached hydrogen (secondary N) is 1. The van der Waals surface area contributed by atoms with Crippen LogP contribution >= 0.6 is 11.3 Å². The summed E-state index contributed by atoms with van der Waals surface area (Å²) in [5.41, 5.74) is 2.57. The lowest BCUT2D eigenvalue weighted by Crippen LogP contribution is -2.28. The third kappa shape index (κ3) is 3.64. The number of anilines is 1. The summed E-state index contributed by atoms with van der Waals surface area (Å²) in [5.74, 6) is -1.09. The van der Waals surface area contributed by atoms with Crippen molar-refractivity contribution in [2.45, 2.75) is 45.4 Å². The van der Waals surface area contributed by atoms with Crippen molar-refractivity contribution in [2.24, 2.45) is 0 Å². The van der Waals surface area contributed by atoms with Gasteiger partial charge in [0, 0.05) is 11.1 Å². The lowest BCUT2D eigenvalue weighted by Gasteiger charge is -2.20. The second kappa shape index (κ2) is 6.36. The van der Waals surface area contributed by atoms with E-state index in [1.165, 1.54) is 11.3 Å². The summed E-state index contributed by atoms with van der Waals surface area (Å²) in [5, 5.41) is 12.1. The maximum absolute atomic E-state index is 12.5. The molecule has 6 heteroatoms. The summed E-state index contributed by atoms with van der Waals surface area (Å²) in [6, 6.07) is 6.88. The number of hydrogen-bond acceptors (Lipinski definition) is 4. The number of carboxylic acids is 1. The van der Waals surface area contributed by atoms with E-state index in [9.17, 15) is 14.7 Å². The van der Waals surface area contributed by atoms with Crippen molar-refractivity contribution in [3.8, 4) is 0 Å². The molecule has 0 spiro atoms. The van der Waals surface area contributed by atoms with Crippen molar-refractivity contribution in [1.82, 2.24) is 4.98 Å². The molecular formula is C18H22N2O3S. The number of amides is 1. The second-order valence-corrected chi connectivity index (χ2v) is 8.10. The molecule has 0 aliphatic rings. The fraction of sp³-hybridized carbons (Fsp3) is 0.389. The Labute approximate surface area is 145 Å². The van der Waals surface area contributed by atoms with Crippen molar-refractivity contribution in [2.75, 3.05) is 5.32 Å². The number of carbonyl (C=O) groups excluding carboxylic acids is 1. The van der Waals surface area contributed by atoms with Crippen LogP contribution in [-0.2, 0) is 15.6 Å². The molecule has 0 saturated carbocycles. The molecule has 0 fully saturated rings. The van der Waals surface area contributed by atoms with Crippen LogP contribution in [0, 0.1) is 0 Å². The minimum absolute atomic E-state index is 0.201. The second-order valence-electron chi connectivity index (χ2n) is 7.24. The van der Waals surface area contributed by atoms with Crippen molar-refractivity contribution >= 4 is 28.9 Å². The summed E-state index contributed by atoms with van der Waals surface area (Å²) < 4.78 is 0. The highest BCUT2D eigenvalue weighted by molar-refractivity contribution is 7.12. The maximum Gasteiger partial charge on any atom is 0.313 e. The van der Waals surface area contributed by atoms with Crippen LogP contribution in [0.25, 0.3) is 0 Å². The number of thiazole rings is 1. The molecule has 128 valence electrons. The monoisotopic (exact) mass is 346 g/mol. The van der Waals surface area contributed by atoms with Gasteiger partial charge >= 0.3 is 5.97 Å². The minimum atomic E-state index is -0.973. The van der Waals surface area contributed by atoms with Gasteiger partial charge in [-0.2, -0.15) is 0 Å². The standard InChI is InChI=1S/C18H22N2O3S/c1-17(2,3)14-13(24-10-19-14)15(21)20-12-8-6-11(7-9-12)18(4,5)16(22)23/h6-10H,1-5H3,(H,20,21)(H,22,23). The van der Waals surface area contributed by atoms with Crippen LogP contribution in [0.15, 0.2) is 29.8 Å². The van der Waals surface area contributed by atoms with Gasteiger partial charge in [0.05, 0.1) is 16.6 Å². The molecule has 1 aromatic carbocycles. The number of hydrogen-bond donors (Lipinski definition) is 2. The summed E-state index contributed by atoms with van der Waals surface area (Å²) >= 11 is 1.31. The van der Waals surface area contributed by atoms with Crippen molar-refractivity contribution < 1.29 is 14.7 Å². The molecule has 0 atom stereocenters. The van der Waals surface area contributed by atoms with Gasteiger partial charge in [-0.3, -0.25) is 9.59 Å². The zero-order valence-electron chi connectivity index (χ0n) is 14.5. The summed E-state index contributed by atoms with van der Waals surface area (Å²) in [6.07, 6.45) is 0. The lowest BCUT2D eigenvalue weighted by molar-refractivity contribution is -0.142. The first-order chi connectivity index (χ1) is 11.0. The highest BCUT2D eigenvalue weighted by Crippen LogP contribution is 2.28. The third-order valence-electron chi connectivity index (χ3n) is 3.88. The Bertz CT molecular complexity index is 755. The van der Waals surface area contributed by atoms with Gasteiger partial charge in [-0.1, -0.05) is 32.9 Å². The number of carbonyl (C=O) groups is 2. The quantitative estimate of drug-likeness (QED) is 0.875. The largest absolute Gasteiger partial charge is 0.481 e. The van der Waals surface area contributed by atoms with E-state index in [2.05, 4.69) is 10.3 Å². The maximum atomic E-state index is 12.5. The van der Waals surface area contributed by atoms with Crippen LogP contribution in [0.4, 0.5) is 5.69 Å². The van der Waals surface area contributed by atoms with Gasteiger partial charge in [0.15, 0.2) is 0 Å². The Morgan fingerprint density at radius 3 is 2.17 bits per heavy atom. The van der Waals surface area contributed by atoms with Gasteiger partial charge in [-0.15, -0.1) is 11.3 Å². The molecule has 0 aliphatic heterocycles. The third-order valence-corrected chi connectivity index (χ3v) is 4.71. The van der Waals surface area contributed by atoms with Crippen LogP contribution in [0.2, 0.25) is 0 Å². The van der Waals surface area contributed by atoms with E-state index in [1.807, 2.05) is 20.8 Å². The first kappa shape index (κ1) is 18.1. The van der Waals surface area contributed by atoms with Crippen LogP contribution in [-0.4, -0.2) is 22.0 Å². The van der Waals surface area contributed by atoms with Crippen LogP contribution in [0.1, 0.15) is 55.5 Å². The Morgan fingerprint density at radius 1 is 1.08 bits per heavy atom. The van der Waals surface area contributed by atoms with Gasteiger partial charge in [-0.05, 0) is 31.5 Å². The molecule has 0 aliphatic carbocycles.